The van der Waals surface area contributed by atoms with Gasteiger partial charge in [-0.1, -0.05) is 74.0 Å². The molecule has 0 fully saturated rings. The van der Waals surface area contributed by atoms with Crippen molar-refractivity contribution < 1.29 is 5.11 Å². The van der Waals surface area contributed by atoms with E-state index < -0.39 is 0 Å². The van der Waals surface area contributed by atoms with E-state index in [0.29, 0.717) is 16.8 Å². The lowest BCUT2D eigenvalue weighted by Crippen LogP contribution is -2.29. The Morgan fingerprint density at radius 2 is 1.89 bits per heavy atom. The highest BCUT2D eigenvalue weighted by Gasteiger charge is 2.23. The number of nitrogens with zero attached hydrogens (tertiary/aromatic N) is 4. The van der Waals surface area contributed by atoms with Gasteiger partial charge in [-0.15, -0.1) is 0 Å². The number of rotatable bonds is 9. The van der Waals surface area contributed by atoms with Crippen LogP contribution in [0.2, 0.25) is 0 Å². The summed E-state index contributed by atoms with van der Waals surface area (Å²) in [6.07, 6.45) is 5.83. The maximum Gasteiger partial charge on any atom is 0.154 e. The summed E-state index contributed by atoms with van der Waals surface area (Å²) in [5.41, 5.74) is 5.13. The van der Waals surface area contributed by atoms with E-state index in [4.69, 9.17) is 16.6 Å². The van der Waals surface area contributed by atoms with E-state index in [1.807, 2.05) is 55.6 Å². The molecule has 2 heterocycles. The third kappa shape index (κ3) is 5.87. The lowest BCUT2D eigenvalue weighted by molar-refractivity contribution is 0.149. The van der Waals surface area contributed by atoms with Gasteiger partial charge >= 0.3 is 0 Å². The monoisotopic (exact) mass is 486 g/mol. The van der Waals surface area contributed by atoms with Crippen molar-refractivity contribution in [2.75, 3.05) is 6.54 Å². The summed E-state index contributed by atoms with van der Waals surface area (Å²) in [6, 6.07) is 20.3. The Labute approximate surface area is 212 Å². The molecule has 0 saturated heterocycles. The predicted octanol–water partition coefficient (Wildman–Crippen LogP) is 6.88. The van der Waals surface area contributed by atoms with Crippen LogP contribution in [0.4, 0.5) is 0 Å². The minimum Gasteiger partial charge on any atom is -0.393 e. The van der Waals surface area contributed by atoms with Crippen LogP contribution in [0.25, 0.3) is 27.9 Å². The molecule has 4 rings (SSSR count). The first-order chi connectivity index (χ1) is 17.0. The number of aliphatic hydroxyl groups is 1. The zero-order valence-corrected chi connectivity index (χ0v) is 21.0. The second-order valence-electron chi connectivity index (χ2n) is 8.94. The summed E-state index contributed by atoms with van der Waals surface area (Å²) in [6.45, 7) is 8.77. The smallest absolute Gasteiger partial charge is 0.154 e. The standard InChI is InChI=1S/C29H31ClN4O/c1-4-24(35)14-10-20(2)19-34-17-16-32-29(30)28(34)27(31-3)23-12-11-22-13-15-25(33-26(22)18-23)21-8-6-5-7-9-21/h5-9,11-13,15-18,20,24,35H,3-4,10,14,19H2,1-2H3/b28-27-. The maximum absolute atomic E-state index is 9.95. The number of hydrogen-bond acceptors (Lipinski definition) is 5. The zero-order valence-electron chi connectivity index (χ0n) is 20.2. The molecule has 5 nitrogen and oxygen atoms in total. The number of aliphatic imine (C=N–C) groups is 2. The molecule has 0 spiro atoms. The van der Waals surface area contributed by atoms with E-state index in [2.05, 4.69) is 46.7 Å². The molecule has 180 valence electrons. The van der Waals surface area contributed by atoms with E-state index in [1.165, 1.54) is 0 Å². The van der Waals surface area contributed by atoms with E-state index >= 15 is 0 Å². The number of fused-ring (bicyclic) bond motifs is 1. The van der Waals surface area contributed by atoms with Gasteiger partial charge in [-0.05, 0) is 44.0 Å². The Bertz CT molecular complexity index is 1280. The summed E-state index contributed by atoms with van der Waals surface area (Å²) < 4.78 is 0. The van der Waals surface area contributed by atoms with Gasteiger partial charge in [0.15, 0.2) is 5.17 Å². The van der Waals surface area contributed by atoms with Crippen LogP contribution < -0.4 is 0 Å². The van der Waals surface area contributed by atoms with Gasteiger partial charge in [-0.2, -0.15) is 0 Å². The fraction of sp³-hybridized carbons (Fsp3) is 0.276. The highest BCUT2D eigenvalue weighted by Crippen LogP contribution is 2.31. The Balaban J connectivity index is 1.69. The molecule has 1 aliphatic rings. The Hall–Kier alpha value is -3.28. The third-order valence-corrected chi connectivity index (χ3v) is 6.58. The van der Waals surface area contributed by atoms with E-state index in [0.717, 1.165) is 59.2 Å². The van der Waals surface area contributed by atoms with Crippen molar-refractivity contribution in [1.29, 1.82) is 0 Å². The Kier molecular flexibility index (Phi) is 8.11. The third-order valence-electron chi connectivity index (χ3n) is 6.31. The fourth-order valence-corrected chi connectivity index (χ4v) is 4.52. The number of aromatic nitrogens is 1. The fourth-order valence-electron chi connectivity index (χ4n) is 4.26. The number of pyridine rings is 1. The number of halogens is 1. The van der Waals surface area contributed by atoms with Gasteiger partial charge in [0, 0.05) is 35.5 Å². The molecule has 2 atom stereocenters. The minimum absolute atomic E-state index is 0.259. The van der Waals surface area contributed by atoms with Gasteiger partial charge in [0.25, 0.3) is 0 Å². The average Bonchev–Trinajstić information content (AvgIpc) is 2.89. The molecule has 0 amide bonds. The van der Waals surface area contributed by atoms with Crippen LogP contribution in [0.15, 0.2) is 88.7 Å². The summed E-state index contributed by atoms with van der Waals surface area (Å²) in [5, 5.41) is 11.4. The molecule has 35 heavy (non-hydrogen) atoms. The zero-order chi connectivity index (χ0) is 24.8. The summed E-state index contributed by atoms with van der Waals surface area (Å²) in [7, 11) is 0. The topological polar surface area (TPSA) is 61.1 Å². The molecular weight excluding hydrogens is 456 g/mol. The van der Waals surface area contributed by atoms with Crippen molar-refractivity contribution in [3.63, 3.8) is 0 Å². The quantitative estimate of drug-likeness (QED) is 0.335. The summed E-state index contributed by atoms with van der Waals surface area (Å²) in [5.74, 6) is 0.344. The normalized spacial score (nSPS) is 16.7. The molecule has 1 aliphatic heterocycles. The average molecular weight is 487 g/mol. The van der Waals surface area contributed by atoms with Crippen LogP contribution in [-0.4, -0.2) is 39.5 Å². The van der Waals surface area contributed by atoms with E-state index in [-0.39, 0.29) is 6.10 Å². The van der Waals surface area contributed by atoms with Crippen molar-refractivity contribution >= 4 is 40.1 Å². The van der Waals surface area contributed by atoms with Crippen molar-refractivity contribution in [3.8, 4) is 11.3 Å². The molecule has 3 aromatic rings. The van der Waals surface area contributed by atoms with Crippen LogP contribution >= 0.6 is 11.6 Å². The second-order valence-corrected chi connectivity index (χ2v) is 9.30. The summed E-state index contributed by atoms with van der Waals surface area (Å²) >= 11 is 6.61. The molecule has 0 saturated carbocycles. The molecular formula is C29H31ClN4O. The van der Waals surface area contributed by atoms with Crippen molar-refractivity contribution in [2.45, 2.75) is 39.2 Å². The highest BCUT2D eigenvalue weighted by molar-refractivity contribution is 6.70. The van der Waals surface area contributed by atoms with E-state index in [1.54, 1.807) is 6.20 Å². The minimum atomic E-state index is -0.259. The van der Waals surface area contributed by atoms with Gasteiger partial charge < -0.3 is 10.0 Å². The number of allylic oxidation sites excluding steroid dienone is 1. The van der Waals surface area contributed by atoms with Crippen molar-refractivity contribution in [2.24, 2.45) is 15.9 Å². The van der Waals surface area contributed by atoms with Crippen molar-refractivity contribution in [3.05, 3.63) is 84.3 Å². The lowest BCUT2D eigenvalue weighted by atomic mass is 10.0. The summed E-state index contributed by atoms with van der Waals surface area (Å²) in [4.78, 5) is 15.7. The van der Waals surface area contributed by atoms with Gasteiger partial charge in [-0.3, -0.25) is 4.99 Å². The van der Waals surface area contributed by atoms with Gasteiger partial charge in [0.2, 0.25) is 0 Å². The molecule has 2 aromatic carbocycles. The molecule has 1 aromatic heterocycles. The van der Waals surface area contributed by atoms with Crippen LogP contribution in [-0.2, 0) is 0 Å². The molecule has 2 unspecified atom stereocenters. The first kappa shape index (κ1) is 24.8. The molecule has 0 bridgehead atoms. The van der Waals surface area contributed by atoms with E-state index in [9.17, 15) is 5.11 Å². The molecule has 6 heteroatoms. The van der Waals surface area contributed by atoms with Crippen LogP contribution in [0.5, 0.6) is 0 Å². The predicted molar refractivity (Wildman–Crippen MR) is 147 cm³/mol. The van der Waals surface area contributed by atoms with Crippen LogP contribution in [0, 0.1) is 5.92 Å². The lowest BCUT2D eigenvalue weighted by Gasteiger charge is -2.29. The maximum atomic E-state index is 9.95. The first-order valence-corrected chi connectivity index (χ1v) is 12.4. The Morgan fingerprint density at radius 1 is 1.11 bits per heavy atom. The molecule has 1 N–H and O–H groups in total. The SMILES string of the molecule is C=N/C(=C1/C(Cl)=NC=CN1CC(C)CCC(O)CC)c1ccc2ccc(-c3ccccc3)nc2c1. The first-order valence-electron chi connectivity index (χ1n) is 12.0. The number of aliphatic hydroxyl groups excluding tert-OH is 1. The molecule has 0 aliphatic carbocycles. The Morgan fingerprint density at radius 3 is 2.63 bits per heavy atom. The molecule has 0 radical (unpaired) electrons. The number of benzene rings is 2. The van der Waals surface area contributed by atoms with Crippen LogP contribution in [0.3, 0.4) is 0 Å². The highest BCUT2D eigenvalue weighted by atomic mass is 35.5. The largest absolute Gasteiger partial charge is 0.393 e. The number of hydrogen-bond donors (Lipinski definition) is 1. The van der Waals surface area contributed by atoms with Gasteiger partial charge in [-0.25, -0.2) is 9.98 Å². The van der Waals surface area contributed by atoms with Gasteiger partial charge in [0.05, 0.1) is 23.0 Å². The van der Waals surface area contributed by atoms with Crippen molar-refractivity contribution in [1.82, 2.24) is 9.88 Å². The van der Waals surface area contributed by atoms with Crippen LogP contribution in [0.1, 0.15) is 38.7 Å². The van der Waals surface area contributed by atoms with Gasteiger partial charge in [0.1, 0.15) is 5.70 Å². The second kappa shape index (κ2) is 11.4.